The molecule has 20 heavy (non-hydrogen) atoms. The van der Waals surface area contributed by atoms with Gasteiger partial charge in [-0.2, -0.15) is 0 Å². The third-order valence-corrected chi connectivity index (χ3v) is 3.12. The Morgan fingerprint density at radius 3 is 2.70 bits per heavy atom. The summed E-state index contributed by atoms with van der Waals surface area (Å²) >= 11 is 3.21. The van der Waals surface area contributed by atoms with Gasteiger partial charge in [-0.05, 0) is 34.1 Å². The molecule has 8 heteroatoms. The molecule has 0 aliphatic carbocycles. The number of nitro groups is 1. The van der Waals surface area contributed by atoms with Gasteiger partial charge in [0.15, 0.2) is 0 Å². The molecule has 102 valence electrons. The summed E-state index contributed by atoms with van der Waals surface area (Å²) in [6.07, 6.45) is 1.36. The highest BCUT2D eigenvalue weighted by Gasteiger charge is 2.13. The number of non-ortho nitro benzene ring substituents is 1. The molecule has 0 bridgehead atoms. The molecule has 0 saturated carbocycles. The average molecular weight is 337 g/mol. The first-order chi connectivity index (χ1) is 9.47. The first-order valence-corrected chi connectivity index (χ1v) is 6.23. The monoisotopic (exact) mass is 336 g/mol. The third kappa shape index (κ3) is 3.09. The zero-order valence-electron chi connectivity index (χ0n) is 10.0. The highest BCUT2D eigenvalue weighted by molar-refractivity contribution is 9.10. The lowest BCUT2D eigenvalue weighted by molar-refractivity contribution is -0.384. The fourth-order valence-corrected chi connectivity index (χ4v) is 1.79. The molecule has 2 rings (SSSR count). The first-order valence-electron chi connectivity index (χ1n) is 5.44. The summed E-state index contributed by atoms with van der Waals surface area (Å²) in [6.45, 7) is 0. The highest BCUT2D eigenvalue weighted by atomic mass is 79.9. The number of hydrogen-bond donors (Lipinski definition) is 2. The number of nitrogens with two attached hydrogens (primary N) is 1. The lowest BCUT2D eigenvalue weighted by atomic mass is 10.2. The SMILES string of the molecule is Nc1ccc(C(=O)Nc2cc([N+](=O)[O-])ccc2Br)nc1. The van der Waals surface area contributed by atoms with Gasteiger partial charge in [-0.1, -0.05) is 0 Å². The predicted molar refractivity (Wildman–Crippen MR) is 77.4 cm³/mol. The second-order valence-corrected chi connectivity index (χ2v) is 4.71. The van der Waals surface area contributed by atoms with Crippen LogP contribution in [0.25, 0.3) is 0 Å². The van der Waals surface area contributed by atoms with E-state index in [4.69, 9.17) is 5.73 Å². The van der Waals surface area contributed by atoms with Crippen LogP contribution in [0.1, 0.15) is 10.5 Å². The molecule has 0 saturated heterocycles. The summed E-state index contributed by atoms with van der Waals surface area (Å²) in [6, 6.07) is 7.10. The Morgan fingerprint density at radius 2 is 2.10 bits per heavy atom. The van der Waals surface area contributed by atoms with Gasteiger partial charge >= 0.3 is 0 Å². The number of nitro benzene ring substituents is 1. The van der Waals surface area contributed by atoms with Crippen LogP contribution in [-0.4, -0.2) is 15.8 Å². The molecule has 0 radical (unpaired) electrons. The van der Waals surface area contributed by atoms with Crippen molar-refractivity contribution in [2.24, 2.45) is 0 Å². The summed E-state index contributed by atoms with van der Waals surface area (Å²) in [5.74, 6) is -0.480. The van der Waals surface area contributed by atoms with E-state index in [0.717, 1.165) is 0 Å². The van der Waals surface area contributed by atoms with E-state index < -0.39 is 10.8 Å². The second-order valence-electron chi connectivity index (χ2n) is 3.85. The standard InChI is InChI=1S/C12H9BrN4O3/c13-9-3-2-8(17(19)20)5-11(9)16-12(18)10-4-1-7(14)6-15-10/h1-6H,14H2,(H,16,18). The topological polar surface area (TPSA) is 111 Å². The Balaban J connectivity index is 2.25. The molecule has 0 atom stereocenters. The van der Waals surface area contributed by atoms with Gasteiger partial charge in [-0.25, -0.2) is 4.98 Å². The summed E-state index contributed by atoms with van der Waals surface area (Å²) in [4.78, 5) is 26.0. The van der Waals surface area contributed by atoms with E-state index in [0.29, 0.717) is 15.8 Å². The van der Waals surface area contributed by atoms with Gasteiger partial charge in [0, 0.05) is 16.6 Å². The highest BCUT2D eigenvalue weighted by Crippen LogP contribution is 2.27. The van der Waals surface area contributed by atoms with Crippen molar-refractivity contribution in [3.8, 4) is 0 Å². The molecule has 0 aliphatic heterocycles. The average Bonchev–Trinajstić information content (AvgIpc) is 2.41. The number of benzene rings is 1. The zero-order chi connectivity index (χ0) is 14.7. The maximum Gasteiger partial charge on any atom is 0.274 e. The number of amides is 1. The number of aromatic nitrogens is 1. The minimum absolute atomic E-state index is 0.117. The number of nitrogen functional groups attached to an aromatic ring is 1. The first kappa shape index (κ1) is 13.9. The van der Waals surface area contributed by atoms with Crippen LogP contribution in [0.3, 0.4) is 0 Å². The molecule has 1 amide bonds. The Morgan fingerprint density at radius 1 is 1.35 bits per heavy atom. The normalized spacial score (nSPS) is 10.1. The molecular weight excluding hydrogens is 328 g/mol. The number of hydrogen-bond acceptors (Lipinski definition) is 5. The lowest BCUT2D eigenvalue weighted by Gasteiger charge is -2.07. The van der Waals surface area contributed by atoms with Gasteiger partial charge in [0.05, 0.1) is 22.5 Å². The van der Waals surface area contributed by atoms with E-state index in [2.05, 4.69) is 26.2 Å². The van der Waals surface area contributed by atoms with Crippen LogP contribution in [0.15, 0.2) is 41.0 Å². The number of anilines is 2. The van der Waals surface area contributed by atoms with E-state index >= 15 is 0 Å². The summed E-state index contributed by atoms with van der Waals surface area (Å²) in [5.41, 5.74) is 6.26. The van der Waals surface area contributed by atoms with Crippen LogP contribution in [0, 0.1) is 10.1 Å². The van der Waals surface area contributed by atoms with Crippen LogP contribution >= 0.6 is 15.9 Å². The Kier molecular flexibility index (Phi) is 3.94. The number of carbonyl (C=O) groups is 1. The molecule has 0 aliphatic rings. The molecule has 0 fully saturated rings. The van der Waals surface area contributed by atoms with Gasteiger partial charge in [-0.15, -0.1) is 0 Å². The molecule has 7 nitrogen and oxygen atoms in total. The third-order valence-electron chi connectivity index (χ3n) is 2.43. The van der Waals surface area contributed by atoms with Crippen LogP contribution in [0.5, 0.6) is 0 Å². The molecule has 0 spiro atoms. The predicted octanol–water partition coefficient (Wildman–Crippen LogP) is 2.59. The Bertz CT molecular complexity index is 673. The van der Waals surface area contributed by atoms with Crippen molar-refractivity contribution in [3.05, 3.63) is 56.8 Å². The summed E-state index contributed by atoms with van der Waals surface area (Å²) in [7, 11) is 0. The van der Waals surface area contributed by atoms with E-state index in [1.807, 2.05) is 0 Å². The zero-order valence-corrected chi connectivity index (χ0v) is 11.6. The molecular formula is C12H9BrN4O3. The minimum Gasteiger partial charge on any atom is -0.397 e. The van der Waals surface area contributed by atoms with E-state index in [-0.39, 0.29) is 11.4 Å². The maximum absolute atomic E-state index is 12.0. The van der Waals surface area contributed by atoms with E-state index in [1.54, 1.807) is 6.07 Å². The summed E-state index contributed by atoms with van der Waals surface area (Å²) < 4.78 is 0.534. The van der Waals surface area contributed by atoms with Crippen molar-refractivity contribution in [1.82, 2.24) is 4.98 Å². The van der Waals surface area contributed by atoms with Crippen LogP contribution in [0.4, 0.5) is 17.1 Å². The quantitative estimate of drug-likeness (QED) is 0.660. The lowest BCUT2D eigenvalue weighted by Crippen LogP contribution is -2.14. The fraction of sp³-hybridized carbons (Fsp3) is 0. The largest absolute Gasteiger partial charge is 0.397 e. The number of nitrogens with zero attached hydrogens (tertiary/aromatic N) is 2. The van der Waals surface area contributed by atoms with Gasteiger partial charge in [-0.3, -0.25) is 14.9 Å². The Hall–Kier alpha value is -2.48. The van der Waals surface area contributed by atoms with Crippen LogP contribution in [-0.2, 0) is 0 Å². The summed E-state index contributed by atoms with van der Waals surface area (Å²) in [5, 5.41) is 13.3. The van der Waals surface area contributed by atoms with Crippen LogP contribution in [0.2, 0.25) is 0 Å². The van der Waals surface area contributed by atoms with Crippen molar-refractivity contribution in [3.63, 3.8) is 0 Å². The number of pyridine rings is 1. The van der Waals surface area contributed by atoms with Gasteiger partial charge in [0.1, 0.15) is 5.69 Å². The van der Waals surface area contributed by atoms with Gasteiger partial charge in [0.25, 0.3) is 11.6 Å². The number of carbonyl (C=O) groups excluding carboxylic acids is 1. The van der Waals surface area contributed by atoms with Crippen molar-refractivity contribution in [2.45, 2.75) is 0 Å². The van der Waals surface area contributed by atoms with Gasteiger partial charge in [0.2, 0.25) is 0 Å². The maximum atomic E-state index is 12.0. The minimum atomic E-state index is -0.538. The number of rotatable bonds is 3. The van der Waals surface area contributed by atoms with Crippen molar-refractivity contribution in [1.29, 1.82) is 0 Å². The van der Waals surface area contributed by atoms with Crippen molar-refractivity contribution in [2.75, 3.05) is 11.1 Å². The van der Waals surface area contributed by atoms with Crippen molar-refractivity contribution >= 4 is 38.9 Å². The van der Waals surface area contributed by atoms with E-state index in [9.17, 15) is 14.9 Å². The second kappa shape index (κ2) is 5.66. The molecule has 3 N–H and O–H groups in total. The molecule has 1 aromatic carbocycles. The number of nitrogens with one attached hydrogen (secondary N) is 1. The smallest absolute Gasteiger partial charge is 0.274 e. The van der Waals surface area contributed by atoms with E-state index in [1.165, 1.54) is 30.5 Å². The Labute approximate surface area is 122 Å². The van der Waals surface area contributed by atoms with Crippen molar-refractivity contribution < 1.29 is 9.72 Å². The fourth-order valence-electron chi connectivity index (χ4n) is 1.45. The number of halogens is 1. The van der Waals surface area contributed by atoms with Crippen LogP contribution < -0.4 is 11.1 Å². The van der Waals surface area contributed by atoms with Gasteiger partial charge < -0.3 is 11.1 Å². The molecule has 1 heterocycles. The molecule has 2 aromatic rings. The molecule has 1 aromatic heterocycles. The molecule has 0 unspecified atom stereocenters.